The van der Waals surface area contributed by atoms with E-state index in [-0.39, 0.29) is 5.91 Å². The Labute approximate surface area is 116 Å². The first-order valence-corrected chi connectivity index (χ1v) is 7.44. The Morgan fingerprint density at radius 3 is 2.74 bits per heavy atom. The molecule has 1 unspecified atom stereocenters. The molecule has 5 heteroatoms. The Hall–Kier alpha value is -0.650. The second-order valence-electron chi connectivity index (χ2n) is 5.37. The third kappa shape index (κ3) is 6.36. The van der Waals surface area contributed by atoms with Crippen molar-refractivity contribution in [3.05, 3.63) is 0 Å². The van der Waals surface area contributed by atoms with Gasteiger partial charge in [-0.15, -0.1) is 0 Å². The number of nitrogens with zero attached hydrogens (tertiary/aromatic N) is 1. The lowest BCUT2D eigenvalue weighted by Crippen LogP contribution is -2.49. The number of methoxy groups -OCH3 is 1. The number of nitrogens with two attached hydrogens (primary N) is 1. The Morgan fingerprint density at radius 2 is 2.16 bits per heavy atom. The highest BCUT2D eigenvalue weighted by molar-refractivity contribution is 5.81. The molecule has 5 nitrogen and oxygen atoms in total. The van der Waals surface area contributed by atoms with Gasteiger partial charge in [0, 0.05) is 32.8 Å². The summed E-state index contributed by atoms with van der Waals surface area (Å²) >= 11 is 0. The highest BCUT2D eigenvalue weighted by Gasteiger charge is 2.22. The minimum absolute atomic E-state index is 0.0379. The molecule has 1 saturated heterocycles. The molecular weight excluding hydrogens is 242 g/mol. The first-order chi connectivity index (χ1) is 9.17. The van der Waals surface area contributed by atoms with Gasteiger partial charge in [0.2, 0.25) is 5.91 Å². The summed E-state index contributed by atoms with van der Waals surface area (Å²) in [6.45, 7) is 6.10. The van der Waals surface area contributed by atoms with Crippen LogP contribution in [0.4, 0.5) is 0 Å². The number of hydrogen-bond donors (Lipinski definition) is 2. The van der Waals surface area contributed by atoms with Crippen LogP contribution in [-0.4, -0.2) is 56.2 Å². The largest absolute Gasteiger partial charge is 0.385 e. The van der Waals surface area contributed by atoms with E-state index in [1.54, 1.807) is 7.11 Å². The zero-order valence-electron chi connectivity index (χ0n) is 12.4. The van der Waals surface area contributed by atoms with E-state index in [2.05, 4.69) is 17.1 Å². The Balaban J connectivity index is 2.19. The number of nitrogens with one attached hydrogen (secondary N) is 1. The predicted octanol–water partition coefficient (Wildman–Crippen LogP) is 0.731. The fourth-order valence-corrected chi connectivity index (χ4v) is 2.37. The minimum atomic E-state index is -0.446. The van der Waals surface area contributed by atoms with Crippen molar-refractivity contribution in [3.63, 3.8) is 0 Å². The summed E-state index contributed by atoms with van der Waals surface area (Å²) in [7, 11) is 1.62. The third-order valence-corrected chi connectivity index (χ3v) is 3.73. The van der Waals surface area contributed by atoms with E-state index in [9.17, 15) is 4.79 Å². The standard InChI is InChI=1S/C14H29N3O2/c1-3-4-8-17-9-5-12(6-10-17)16-14(18)13(15)7-11-19-2/h12-13H,3-11,15H2,1-2H3,(H,16,18). The molecule has 3 N–H and O–H groups in total. The Morgan fingerprint density at radius 1 is 1.47 bits per heavy atom. The first-order valence-electron chi connectivity index (χ1n) is 7.44. The van der Waals surface area contributed by atoms with Gasteiger partial charge in [0.1, 0.15) is 0 Å². The Kier molecular flexibility index (Phi) is 8.02. The number of piperidine rings is 1. The minimum Gasteiger partial charge on any atom is -0.385 e. The lowest BCUT2D eigenvalue weighted by Gasteiger charge is -2.32. The van der Waals surface area contributed by atoms with Crippen LogP contribution in [0.5, 0.6) is 0 Å². The molecule has 112 valence electrons. The van der Waals surface area contributed by atoms with Gasteiger partial charge >= 0.3 is 0 Å². The van der Waals surface area contributed by atoms with Gasteiger partial charge in [0.25, 0.3) is 0 Å². The molecule has 1 aliphatic rings. The maximum Gasteiger partial charge on any atom is 0.237 e. The van der Waals surface area contributed by atoms with Crippen molar-refractivity contribution in [2.24, 2.45) is 5.73 Å². The molecule has 0 aromatic rings. The van der Waals surface area contributed by atoms with Crippen molar-refractivity contribution in [1.82, 2.24) is 10.2 Å². The average molecular weight is 271 g/mol. The van der Waals surface area contributed by atoms with E-state index in [0.717, 1.165) is 25.9 Å². The summed E-state index contributed by atoms with van der Waals surface area (Å²) in [4.78, 5) is 14.3. The van der Waals surface area contributed by atoms with Crippen LogP contribution in [-0.2, 0) is 9.53 Å². The molecule has 1 amide bonds. The summed E-state index contributed by atoms with van der Waals surface area (Å²) in [6.07, 6.45) is 5.15. The monoisotopic (exact) mass is 271 g/mol. The van der Waals surface area contributed by atoms with Crippen molar-refractivity contribution < 1.29 is 9.53 Å². The van der Waals surface area contributed by atoms with E-state index in [0.29, 0.717) is 19.1 Å². The lowest BCUT2D eigenvalue weighted by atomic mass is 10.0. The van der Waals surface area contributed by atoms with Gasteiger partial charge in [-0.1, -0.05) is 13.3 Å². The van der Waals surface area contributed by atoms with E-state index in [1.807, 2.05) is 0 Å². The summed E-state index contributed by atoms with van der Waals surface area (Å²) in [5, 5.41) is 3.06. The molecule has 1 atom stereocenters. The van der Waals surface area contributed by atoms with Gasteiger partial charge in [-0.2, -0.15) is 0 Å². The van der Waals surface area contributed by atoms with E-state index in [1.165, 1.54) is 19.4 Å². The van der Waals surface area contributed by atoms with Crippen LogP contribution in [0.25, 0.3) is 0 Å². The topological polar surface area (TPSA) is 67.6 Å². The number of carbonyl (C=O) groups is 1. The molecule has 0 saturated carbocycles. The van der Waals surface area contributed by atoms with Crippen LogP contribution in [0.2, 0.25) is 0 Å². The van der Waals surface area contributed by atoms with Gasteiger partial charge in [-0.25, -0.2) is 0 Å². The number of hydrogen-bond acceptors (Lipinski definition) is 4. The number of carbonyl (C=O) groups excluding carboxylic acids is 1. The third-order valence-electron chi connectivity index (χ3n) is 3.73. The van der Waals surface area contributed by atoms with Crippen LogP contribution >= 0.6 is 0 Å². The molecule has 19 heavy (non-hydrogen) atoms. The van der Waals surface area contributed by atoms with E-state index in [4.69, 9.17) is 10.5 Å². The molecule has 0 bridgehead atoms. The fourth-order valence-electron chi connectivity index (χ4n) is 2.37. The van der Waals surface area contributed by atoms with E-state index < -0.39 is 6.04 Å². The van der Waals surface area contributed by atoms with Crippen molar-refractivity contribution in [1.29, 1.82) is 0 Å². The number of likely N-dealkylation sites (tertiary alicyclic amines) is 1. The van der Waals surface area contributed by atoms with Crippen LogP contribution in [0.3, 0.4) is 0 Å². The number of ether oxygens (including phenoxy) is 1. The van der Waals surface area contributed by atoms with Crippen LogP contribution in [0.1, 0.15) is 39.0 Å². The zero-order chi connectivity index (χ0) is 14.1. The highest BCUT2D eigenvalue weighted by atomic mass is 16.5. The molecular formula is C14H29N3O2. The van der Waals surface area contributed by atoms with Gasteiger partial charge in [-0.05, 0) is 32.2 Å². The number of unbranched alkanes of at least 4 members (excludes halogenated alkanes) is 1. The molecule has 0 aliphatic carbocycles. The maximum atomic E-state index is 11.9. The SMILES string of the molecule is CCCCN1CCC(NC(=O)C(N)CCOC)CC1. The quantitative estimate of drug-likeness (QED) is 0.683. The molecule has 1 aliphatic heterocycles. The van der Waals surface area contributed by atoms with E-state index >= 15 is 0 Å². The van der Waals surface area contributed by atoms with Crippen molar-refractivity contribution in [2.75, 3.05) is 33.4 Å². The van der Waals surface area contributed by atoms with Crippen molar-refractivity contribution in [3.8, 4) is 0 Å². The molecule has 1 fully saturated rings. The average Bonchev–Trinajstić information content (AvgIpc) is 2.43. The van der Waals surface area contributed by atoms with Crippen molar-refractivity contribution >= 4 is 5.91 Å². The zero-order valence-corrected chi connectivity index (χ0v) is 12.4. The first kappa shape index (κ1) is 16.4. The predicted molar refractivity (Wildman–Crippen MR) is 77.0 cm³/mol. The van der Waals surface area contributed by atoms with Gasteiger partial charge in [-0.3, -0.25) is 4.79 Å². The smallest absolute Gasteiger partial charge is 0.237 e. The van der Waals surface area contributed by atoms with Gasteiger partial charge in [0.15, 0.2) is 0 Å². The summed E-state index contributed by atoms with van der Waals surface area (Å²) in [5.41, 5.74) is 5.81. The molecule has 0 aromatic heterocycles. The van der Waals surface area contributed by atoms with Crippen LogP contribution in [0, 0.1) is 0 Å². The van der Waals surface area contributed by atoms with Crippen LogP contribution in [0.15, 0.2) is 0 Å². The second-order valence-corrected chi connectivity index (χ2v) is 5.37. The fraction of sp³-hybridized carbons (Fsp3) is 0.929. The molecule has 0 radical (unpaired) electrons. The van der Waals surface area contributed by atoms with Gasteiger partial charge in [0.05, 0.1) is 6.04 Å². The Bertz CT molecular complexity index is 253. The number of amides is 1. The maximum absolute atomic E-state index is 11.9. The molecule has 1 heterocycles. The summed E-state index contributed by atoms with van der Waals surface area (Å²) < 4.78 is 4.94. The lowest BCUT2D eigenvalue weighted by molar-refractivity contribution is -0.123. The normalized spacial score (nSPS) is 19.3. The van der Waals surface area contributed by atoms with Crippen LogP contribution < -0.4 is 11.1 Å². The molecule has 1 rings (SSSR count). The highest BCUT2D eigenvalue weighted by Crippen LogP contribution is 2.11. The summed E-state index contributed by atoms with van der Waals surface area (Å²) in [5.74, 6) is -0.0379. The second kappa shape index (κ2) is 9.28. The van der Waals surface area contributed by atoms with Crippen molar-refractivity contribution in [2.45, 2.75) is 51.1 Å². The summed E-state index contributed by atoms with van der Waals surface area (Å²) in [6, 6.07) is -0.156. The molecule has 0 spiro atoms. The number of rotatable bonds is 8. The molecule has 0 aromatic carbocycles. The van der Waals surface area contributed by atoms with Gasteiger partial charge < -0.3 is 20.7 Å².